The highest BCUT2D eigenvalue weighted by atomic mass is 16.1. The van der Waals surface area contributed by atoms with E-state index in [1.54, 1.807) is 6.92 Å². The number of hydrogen-bond donors (Lipinski definition) is 0. The Morgan fingerprint density at radius 2 is 2.22 bits per heavy atom. The van der Waals surface area contributed by atoms with Gasteiger partial charge in [0.2, 0.25) is 0 Å². The maximum atomic E-state index is 10.5. The summed E-state index contributed by atoms with van der Waals surface area (Å²) in [5.41, 5.74) is 1.61. The van der Waals surface area contributed by atoms with E-state index in [1.807, 2.05) is 13.0 Å². The second kappa shape index (κ2) is 2.05. The Balaban J connectivity index is 2.86. The summed E-state index contributed by atoms with van der Waals surface area (Å²) in [6, 6.07) is 0. The Labute approximate surface area is 54.3 Å². The van der Waals surface area contributed by atoms with Crippen molar-refractivity contribution in [3.05, 3.63) is 23.4 Å². The van der Waals surface area contributed by atoms with Crippen molar-refractivity contribution >= 4 is 5.91 Å². The normalized spacial score (nSPS) is 18.2. The average molecular weight is 121 g/mol. The monoisotopic (exact) mass is 121 g/mol. The smallest absolute Gasteiger partial charge is 0.267 e. The van der Waals surface area contributed by atoms with Crippen molar-refractivity contribution in [3.8, 4) is 0 Å². The predicted molar refractivity (Wildman–Crippen MR) is 33.3 cm³/mol. The van der Waals surface area contributed by atoms with Crippen molar-refractivity contribution in [2.24, 2.45) is 0 Å². The molecule has 0 fully saturated rings. The zero-order chi connectivity index (χ0) is 6.85. The first-order valence-corrected chi connectivity index (χ1v) is 2.73. The minimum absolute atomic E-state index is 0.271. The summed E-state index contributed by atoms with van der Waals surface area (Å²) < 4.78 is 0. The highest BCUT2D eigenvalue weighted by molar-refractivity contribution is 5.87. The van der Waals surface area contributed by atoms with Crippen LogP contribution in [0, 0.1) is 6.08 Å². The molecule has 1 rings (SSSR count). The van der Waals surface area contributed by atoms with Gasteiger partial charge in [-0.25, -0.2) is 5.32 Å². The van der Waals surface area contributed by atoms with Gasteiger partial charge in [0.05, 0.1) is 6.08 Å². The molecule has 0 aromatic heterocycles. The van der Waals surface area contributed by atoms with Gasteiger partial charge >= 0.3 is 0 Å². The molecule has 1 aliphatic heterocycles. The minimum atomic E-state index is -0.271. The first-order valence-electron chi connectivity index (χ1n) is 2.73. The predicted octanol–water partition coefficient (Wildman–Crippen LogP) is 0.784. The Kier molecular flexibility index (Phi) is 1.39. The van der Waals surface area contributed by atoms with E-state index in [0.29, 0.717) is 0 Å². The molecule has 0 aromatic carbocycles. The quantitative estimate of drug-likeness (QED) is 0.466. The Hall–Kier alpha value is -1.05. The van der Waals surface area contributed by atoms with Gasteiger partial charge in [0, 0.05) is 5.70 Å². The Bertz CT molecular complexity index is 201. The fraction of sp³-hybridized carbons (Fsp3) is 0.286. The Morgan fingerprint density at radius 3 is 2.67 bits per heavy atom. The molecule has 0 atom stereocenters. The average Bonchev–Trinajstić information content (AvgIpc) is 1.59. The van der Waals surface area contributed by atoms with Crippen LogP contribution in [0.5, 0.6) is 0 Å². The van der Waals surface area contributed by atoms with Gasteiger partial charge in [-0.1, -0.05) is 0 Å². The molecule has 1 aliphatic rings. The summed E-state index contributed by atoms with van der Waals surface area (Å²) >= 11 is 0. The number of amides is 1. The molecule has 0 aromatic rings. The standard InChI is InChI=1S/C7H7NO/c1-5-3-6(2)8-7(9)4-5/h3H,1-2H3. The molecule has 0 saturated heterocycles. The van der Waals surface area contributed by atoms with E-state index < -0.39 is 0 Å². The van der Waals surface area contributed by atoms with Gasteiger partial charge in [-0.2, -0.15) is 0 Å². The Morgan fingerprint density at radius 1 is 1.56 bits per heavy atom. The molecule has 46 valence electrons. The van der Waals surface area contributed by atoms with Crippen LogP contribution in [0.25, 0.3) is 0 Å². The van der Waals surface area contributed by atoms with Gasteiger partial charge in [0.1, 0.15) is 0 Å². The van der Waals surface area contributed by atoms with Gasteiger partial charge < -0.3 is 0 Å². The molecule has 0 saturated carbocycles. The van der Waals surface area contributed by atoms with Crippen LogP contribution in [0.15, 0.2) is 17.3 Å². The van der Waals surface area contributed by atoms with Gasteiger partial charge in [-0.3, -0.25) is 4.79 Å². The molecular formula is C7H7NO. The molecular weight excluding hydrogens is 114 g/mol. The molecule has 2 radical (unpaired) electrons. The van der Waals surface area contributed by atoms with Crippen LogP contribution in [0.1, 0.15) is 13.8 Å². The van der Waals surface area contributed by atoms with E-state index in [2.05, 4.69) is 11.4 Å². The van der Waals surface area contributed by atoms with Crippen LogP contribution in [-0.2, 0) is 4.79 Å². The number of allylic oxidation sites excluding steroid dienone is 3. The van der Waals surface area contributed by atoms with Crippen LogP contribution >= 0.6 is 0 Å². The molecule has 0 aliphatic carbocycles. The van der Waals surface area contributed by atoms with E-state index in [0.717, 1.165) is 11.3 Å². The molecule has 0 spiro atoms. The third-order valence-electron chi connectivity index (χ3n) is 1.01. The lowest BCUT2D eigenvalue weighted by Gasteiger charge is -2.03. The second-order valence-electron chi connectivity index (χ2n) is 2.01. The molecule has 9 heavy (non-hydrogen) atoms. The van der Waals surface area contributed by atoms with E-state index in [9.17, 15) is 4.79 Å². The molecule has 2 nitrogen and oxygen atoms in total. The lowest BCUT2D eigenvalue weighted by atomic mass is 10.2. The number of carbonyl (C=O) groups excluding carboxylic acids is 1. The van der Waals surface area contributed by atoms with Gasteiger partial charge in [0.15, 0.2) is 0 Å². The SMILES string of the molecule is CC1=[C]C(=O)[N]C(C)=C1. The molecule has 2 heteroatoms. The highest BCUT2D eigenvalue weighted by Crippen LogP contribution is 2.04. The largest absolute Gasteiger partial charge is 0.278 e. The van der Waals surface area contributed by atoms with Crippen molar-refractivity contribution in [1.29, 1.82) is 0 Å². The minimum Gasteiger partial charge on any atom is -0.267 e. The second-order valence-corrected chi connectivity index (χ2v) is 2.01. The first kappa shape index (κ1) is 6.08. The van der Waals surface area contributed by atoms with E-state index in [1.165, 1.54) is 0 Å². The molecule has 1 amide bonds. The van der Waals surface area contributed by atoms with E-state index in [4.69, 9.17) is 0 Å². The summed E-state index contributed by atoms with van der Waals surface area (Å²) in [5.74, 6) is -0.271. The maximum absolute atomic E-state index is 10.5. The number of rotatable bonds is 0. The van der Waals surface area contributed by atoms with Crippen molar-refractivity contribution in [1.82, 2.24) is 5.32 Å². The first-order chi connectivity index (χ1) is 4.18. The maximum Gasteiger partial charge on any atom is 0.278 e. The zero-order valence-electron chi connectivity index (χ0n) is 5.43. The van der Waals surface area contributed by atoms with Crippen molar-refractivity contribution in [3.63, 3.8) is 0 Å². The number of hydrogen-bond acceptors (Lipinski definition) is 1. The van der Waals surface area contributed by atoms with E-state index >= 15 is 0 Å². The summed E-state index contributed by atoms with van der Waals surface area (Å²) in [6.07, 6.45) is 4.37. The molecule has 0 bridgehead atoms. The van der Waals surface area contributed by atoms with Crippen molar-refractivity contribution in [2.75, 3.05) is 0 Å². The van der Waals surface area contributed by atoms with Crippen LogP contribution in [-0.4, -0.2) is 5.91 Å². The van der Waals surface area contributed by atoms with E-state index in [-0.39, 0.29) is 5.91 Å². The van der Waals surface area contributed by atoms with Crippen LogP contribution in [0.4, 0.5) is 0 Å². The third-order valence-corrected chi connectivity index (χ3v) is 1.01. The molecule has 0 unspecified atom stereocenters. The lowest BCUT2D eigenvalue weighted by Crippen LogP contribution is -2.14. The summed E-state index contributed by atoms with van der Waals surface area (Å²) in [4.78, 5) is 10.5. The van der Waals surface area contributed by atoms with Crippen molar-refractivity contribution in [2.45, 2.75) is 13.8 Å². The number of carbonyl (C=O) groups is 1. The molecule has 0 N–H and O–H groups in total. The molecule has 1 heterocycles. The fourth-order valence-electron chi connectivity index (χ4n) is 0.738. The van der Waals surface area contributed by atoms with Crippen LogP contribution in [0.2, 0.25) is 0 Å². The van der Waals surface area contributed by atoms with Crippen LogP contribution < -0.4 is 5.32 Å². The topological polar surface area (TPSA) is 31.2 Å². The van der Waals surface area contributed by atoms with Crippen molar-refractivity contribution < 1.29 is 4.79 Å². The summed E-state index contributed by atoms with van der Waals surface area (Å²) in [6.45, 7) is 3.62. The third kappa shape index (κ3) is 1.42. The summed E-state index contributed by atoms with van der Waals surface area (Å²) in [5, 5.41) is 3.62. The fourth-order valence-corrected chi connectivity index (χ4v) is 0.738. The van der Waals surface area contributed by atoms with Gasteiger partial charge in [-0.15, -0.1) is 0 Å². The number of nitrogens with zero attached hydrogens (tertiary/aromatic N) is 1. The van der Waals surface area contributed by atoms with Gasteiger partial charge in [-0.05, 0) is 25.5 Å². The highest BCUT2D eigenvalue weighted by Gasteiger charge is 2.05. The summed E-state index contributed by atoms with van der Waals surface area (Å²) in [7, 11) is 0. The zero-order valence-corrected chi connectivity index (χ0v) is 5.43. The lowest BCUT2D eigenvalue weighted by molar-refractivity contribution is -0.116. The van der Waals surface area contributed by atoms with Gasteiger partial charge in [0.25, 0.3) is 5.91 Å². The van der Waals surface area contributed by atoms with Crippen LogP contribution in [0.3, 0.4) is 0 Å².